The van der Waals surface area contributed by atoms with Crippen molar-refractivity contribution in [2.75, 3.05) is 19.6 Å². The molecule has 0 amide bonds. The Labute approximate surface area is 158 Å². The van der Waals surface area contributed by atoms with Crippen molar-refractivity contribution in [3.63, 3.8) is 0 Å². The van der Waals surface area contributed by atoms with Gasteiger partial charge in [0.05, 0.1) is 0 Å². The fourth-order valence-corrected chi connectivity index (χ4v) is 6.14. The molecule has 0 unspecified atom stereocenters. The summed E-state index contributed by atoms with van der Waals surface area (Å²) < 4.78 is 0. The molecule has 0 saturated carbocycles. The first-order chi connectivity index (χ1) is 10.1. The molecule has 1 N–H and O–H groups in total. The van der Waals surface area contributed by atoms with Crippen LogP contribution >= 0.6 is 7.92 Å². The van der Waals surface area contributed by atoms with E-state index in [4.69, 9.17) is 0 Å². The predicted octanol–water partition coefficient (Wildman–Crippen LogP) is 5.02. The van der Waals surface area contributed by atoms with E-state index in [0.717, 1.165) is 19.6 Å². The summed E-state index contributed by atoms with van der Waals surface area (Å²) in [6.45, 7) is 21.8. The molecule has 1 aliphatic rings. The normalized spacial score (nSPS) is 17.3. The average Bonchev–Trinajstić information content (AvgIpc) is 2.40. The number of hydrogen-bond acceptors (Lipinski definition) is 2. The molecule has 0 aliphatic carbocycles. The maximum atomic E-state index is 3.64. The summed E-state index contributed by atoms with van der Waals surface area (Å²) >= 11 is 0. The van der Waals surface area contributed by atoms with Gasteiger partial charge >= 0.3 is 19.5 Å². The summed E-state index contributed by atoms with van der Waals surface area (Å²) in [5.41, 5.74) is 2.57. The second-order valence-corrected chi connectivity index (χ2v) is 11.6. The molecule has 0 saturated heterocycles. The first-order valence-corrected chi connectivity index (χ1v) is 9.87. The molecule has 1 radical (unpaired) electrons. The number of nitrogens with one attached hydrogen (secondary N) is 1. The Morgan fingerprint density at radius 2 is 1.57 bits per heavy atom. The number of rotatable bonds is 5. The molecule has 0 aromatic carbocycles. The van der Waals surface area contributed by atoms with Crippen LogP contribution in [0.2, 0.25) is 0 Å². The molecule has 0 bridgehead atoms. The molecule has 0 aromatic heterocycles. The van der Waals surface area contributed by atoms with Gasteiger partial charge in [-0.15, -0.1) is 0 Å². The monoisotopic (exact) mass is 425 g/mol. The van der Waals surface area contributed by atoms with Gasteiger partial charge in [0.1, 0.15) is 0 Å². The molecule has 134 valence electrons. The van der Waals surface area contributed by atoms with E-state index < -0.39 is 0 Å². The van der Waals surface area contributed by atoms with Gasteiger partial charge < -0.3 is 5.32 Å². The van der Waals surface area contributed by atoms with E-state index in [0.29, 0.717) is 10.3 Å². The third kappa shape index (κ3) is 7.63. The van der Waals surface area contributed by atoms with E-state index in [1.54, 1.807) is 0 Å². The Balaban J connectivity index is 0.00000484. The van der Waals surface area contributed by atoms with Gasteiger partial charge in [-0.3, -0.25) is 4.90 Å². The Bertz CT molecular complexity index is 435. The van der Waals surface area contributed by atoms with Crippen molar-refractivity contribution in [3.05, 3.63) is 35.4 Å². The maximum absolute atomic E-state index is 3.64. The van der Waals surface area contributed by atoms with E-state index >= 15 is 0 Å². The van der Waals surface area contributed by atoms with Gasteiger partial charge in [-0.1, -0.05) is 69.4 Å². The zero-order valence-corrected chi connectivity index (χ0v) is 19.0. The Morgan fingerprint density at radius 1 is 1.04 bits per heavy atom. The first kappa shape index (κ1) is 23.0. The molecular formula is C19H36N2PRu+. The SMILES string of the molecule is CCN(CC)CC1=CC=C/C(=C/P(C(C)(C)C)C(C)(C)C)N1.[RuH+]. The topological polar surface area (TPSA) is 15.3 Å². The van der Waals surface area contributed by atoms with Crippen LogP contribution in [0.1, 0.15) is 55.4 Å². The molecule has 1 heterocycles. The van der Waals surface area contributed by atoms with Gasteiger partial charge in [0, 0.05) is 17.9 Å². The van der Waals surface area contributed by atoms with Gasteiger partial charge in [-0.2, -0.15) is 0 Å². The molecule has 0 spiro atoms. The minimum atomic E-state index is -0.229. The van der Waals surface area contributed by atoms with Crippen LogP contribution in [0.15, 0.2) is 35.4 Å². The van der Waals surface area contributed by atoms with E-state index in [1.807, 2.05) is 0 Å². The van der Waals surface area contributed by atoms with E-state index in [-0.39, 0.29) is 27.4 Å². The van der Waals surface area contributed by atoms with E-state index in [9.17, 15) is 0 Å². The van der Waals surface area contributed by atoms with Gasteiger partial charge in [0.2, 0.25) is 0 Å². The molecule has 0 atom stereocenters. The van der Waals surface area contributed by atoms with Gasteiger partial charge in [-0.25, -0.2) is 0 Å². The quantitative estimate of drug-likeness (QED) is 0.492. The molecule has 1 aliphatic heterocycles. The van der Waals surface area contributed by atoms with Crippen LogP contribution in [-0.4, -0.2) is 34.8 Å². The van der Waals surface area contributed by atoms with Gasteiger partial charge in [0.25, 0.3) is 0 Å². The number of hydrogen-bond donors (Lipinski definition) is 1. The zero-order valence-electron chi connectivity index (χ0n) is 16.2. The third-order valence-electron chi connectivity index (χ3n) is 3.88. The van der Waals surface area contributed by atoms with Crippen molar-refractivity contribution in [2.24, 2.45) is 0 Å². The zero-order chi connectivity index (χ0) is 17.0. The Kier molecular flexibility index (Phi) is 9.51. The van der Waals surface area contributed by atoms with Crippen LogP contribution < -0.4 is 5.32 Å². The predicted molar refractivity (Wildman–Crippen MR) is 104 cm³/mol. The molecule has 23 heavy (non-hydrogen) atoms. The van der Waals surface area contributed by atoms with Gasteiger partial charge in [0.15, 0.2) is 0 Å². The number of likely N-dealkylation sites (N-methyl/N-ethyl adjacent to an activating group) is 1. The van der Waals surface area contributed by atoms with Gasteiger partial charge in [-0.05, 0) is 41.4 Å². The van der Waals surface area contributed by atoms with Crippen LogP contribution in [0.5, 0.6) is 0 Å². The summed E-state index contributed by atoms with van der Waals surface area (Å²) in [5.74, 6) is 2.49. The van der Waals surface area contributed by atoms with Crippen LogP contribution in [0.4, 0.5) is 0 Å². The summed E-state index contributed by atoms with van der Waals surface area (Å²) in [6, 6.07) is 0. The molecule has 4 heteroatoms. The van der Waals surface area contributed by atoms with Crippen molar-refractivity contribution < 1.29 is 19.5 Å². The average molecular weight is 425 g/mol. The fourth-order valence-electron chi connectivity index (χ4n) is 2.92. The fraction of sp³-hybridized carbons (Fsp3) is 0.684. The van der Waals surface area contributed by atoms with E-state index in [1.165, 1.54) is 11.4 Å². The first-order valence-electron chi connectivity index (χ1n) is 8.45. The molecule has 2 nitrogen and oxygen atoms in total. The molecule has 0 fully saturated rings. The second-order valence-electron chi connectivity index (χ2n) is 7.93. The summed E-state index contributed by atoms with van der Waals surface area (Å²) in [5, 5.41) is 4.27. The van der Waals surface area contributed by atoms with Crippen molar-refractivity contribution in [1.82, 2.24) is 10.2 Å². The molecule has 1 rings (SSSR count). The number of dihydropyridines is 1. The number of allylic oxidation sites excluding steroid dienone is 3. The summed E-state index contributed by atoms with van der Waals surface area (Å²) in [7, 11) is -0.229. The van der Waals surface area contributed by atoms with Crippen molar-refractivity contribution in [2.45, 2.75) is 65.7 Å². The second kappa shape index (κ2) is 9.50. The molecular weight excluding hydrogens is 388 g/mol. The summed E-state index contributed by atoms with van der Waals surface area (Å²) in [6.07, 6.45) is 6.59. The van der Waals surface area contributed by atoms with Crippen LogP contribution in [0, 0.1) is 0 Å². The summed E-state index contributed by atoms with van der Waals surface area (Å²) in [4.78, 5) is 2.44. The minimum absolute atomic E-state index is 0. The van der Waals surface area contributed by atoms with Crippen LogP contribution in [0.25, 0.3) is 0 Å². The van der Waals surface area contributed by atoms with Crippen molar-refractivity contribution in [3.8, 4) is 0 Å². The van der Waals surface area contributed by atoms with Crippen LogP contribution in [-0.2, 0) is 19.5 Å². The Hall–Kier alpha value is 0.0334. The standard InChI is InChI=1S/C19H35N2P.Ru.H/c1-9-21(10-2)14-16-12-11-13-17(20-16)15-22(18(3,4)5)19(6,7)8;;/h11-13,15,20H,9-10,14H2,1-8H3;;/q;+1;/b17-15-;;. The number of nitrogens with zero attached hydrogens (tertiary/aromatic N) is 1. The van der Waals surface area contributed by atoms with Crippen molar-refractivity contribution in [1.29, 1.82) is 0 Å². The molecule has 0 aromatic rings. The van der Waals surface area contributed by atoms with Crippen LogP contribution in [0.3, 0.4) is 0 Å². The van der Waals surface area contributed by atoms with Crippen molar-refractivity contribution >= 4 is 7.92 Å². The Morgan fingerprint density at radius 3 is 2.00 bits per heavy atom. The third-order valence-corrected chi connectivity index (χ3v) is 7.31. The van der Waals surface area contributed by atoms with E-state index in [2.05, 4.69) is 89.7 Å².